The number of carbonyl (C=O) groups excluding carboxylic acids is 2. The lowest BCUT2D eigenvalue weighted by Crippen LogP contribution is -2.36. The van der Waals surface area contributed by atoms with Gasteiger partial charge in [-0.05, 0) is 12.1 Å². The molecular formula is C17H17N5O4. The normalized spacial score (nSPS) is 13.8. The van der Waals surface area contributed by atoms with Gasteiger partial charge in [-0.25, -0.2) is 5.01 Å². The van der Waals surface area contributed by atoms with Crippen molar-refractivity contribution in [3.63, 3.8) is 0 Å². The summed E-state index contributed by atoms with van der Waals surface area (Å²) in [6.45, 7) is 0. The molecule has 1 aliphatic heterocycles. The summed E-state index contributed by atoms with van der Waals surface area (Å²) in [6, 6.07) is 10.4. The topological polar surface area (TPSA) is 106 Å². The first-order chi connectivity index (χ1) is 12.6. The average Bonchev–Trinajstić information content (AvgIpc) is 2.68. The van der Waals surface area contributed by atoms with Gasteiger partial charge in [0.25, 0.3) is 5.91 Å². The number of nitrogens with one attached hydrogen (secondary N) is 1. The van der Waals surface area contributed by atoms with Crippen molar-refractivity contribution in [1.82, 2.24) is 9.97 Å². The molecule has 1 aliphatic rings. The van der Waals surface area contributed by atoms with E-state index in [1.165, 1.54) is 25.3 Å². The number of amides is 2. The Morgan fingerprint density at radius 3 is 2.35 bits per heavy atom. The lowest BCUT2D eigenvalue weighted by Gasteiger charge is -2.22. The zero-order chi connectivity index (χ0) is 18.5. The van der Waals surface area contributed by atoms with Crippen LogP contribution in [0.25, 0.3) is 0 Å². The van der Waals surface area contributed by atoms with Gasteiger partial charge >= 0.3 is 0 Å². The van der Waals surface area contributed by atoms with Crippen molar-refractivity contribution in [2.24, 2.45) is 5.10 Å². The van der Waals surface area contributed by atoms with Crippen molar-refractivity contribution in [2.75, 3.05) is 24.5 Å². The lowest BCUT2D eigenvalue weighted by atomic mass is 10.1. The van der Waals surface area contributed by atoms with E-state index in [4.69, 9.17) is 9.47 Å². The molecule has 9 heteroatoms. The van der Waals surface area contributed by atoms with Crippen molar-refractivity contribution in [2.45, 2.75) is 12.8 Å². The van der Waals surface area contributed by atoms with Gasteiger partial charge in [-0.2, -0.15) is 15.1 Å². The number of hydrogen-bond donors (Lipinski definition) is 1. The summed E-state index contributed by atoms with van der Waals surface area (Å²) in [7, 11) is 2.89. The molecule has 0 bridgehead atoms. The molecule has 9 nitrogen and oxygen atoms in total. The molecule has 2 aromatic rings. The van der Waals surface area contributed by atoms with Crippen molar-refractivity contribution >= 4 is 29.2 Å². The van der Waals surface area contributed by atoms with Gasteiger partial charge < -0.3 is 9.47 Å². The number of nitrogens with zero attached hydrogens (tertiary/aromatic N) is 4. The van der Waals surface area contributed by atoms with Crippen LogP contribution >= 0.6 is 0 Å². The molecule has 1 N–H and O–H groups in total. The van der Waals surface area contributed by atoms with Gasteiger partial charge in [0, 0.05) is 12.8 Å². The third kappa shape index (κ3) is 3.77. The summed E-state index contributed by atoms with van der Waals surface area (Å²) in [5, 5.41) is 7.97. The van der Waals surface area contributed by atoms with Gasteiger partial charge in [0.05, 0.1) is 26.0 Å². The molecule has 0 saturated heterocycles. The minimum absolute atomic E-state index is 0.0251. The van der Waals surface area contributed by atoms with Gasteiger partial charge in [-0.1, -0.05) is 18.2 Å². The lowest BCUT2D eigenvalue weighted by molar-refractivity contribution is -0.118. The first-order valence-corrected chi connectivity index (χ1v) is 7.84. The van der Waals surface area contributed by atoms with Crippen molar-refractivity contribution in [3.05, 3.63) is 36.4 Å². The van der Waals surface area contributed by atoms with E-state index in [2.05, 4.69) is 20.4 Å². The molecule has 0 saturated carbocycles. The number of hydrazone groups is 1. The number of para-hydroxylation sites is 1. The quantitative estimate of drug-likeness (QED) is 0.873. The van der Waals surface area contributed by atoms with Crippen LogP contribution in [0.4, 0.5) is 11.6 Å². The Bertz CT molecular complexity index is 831. The molecular weight excluding hydrogens is 338 g/mol. The number of rotatable bonds is 5. The molecule has 0 atom stereocenters. The second-order valence-corrected chi connectivity index (χ2v) is 5.32. The van der Waals surface area contributed by atoms with Gasteiger partial charge in [0.15, 0.2) is 0 Å². The molecule has 1 aromatic carbocycles. The highest BCUT2D eigenvalue weighted by molar-refractivity contribution is 6.44. The van der Waals surface area contributed by atoms with Crippen molar-refractivity contribution in [3.8, 4) is 11.8 Å². The van der Waals surface area contributed by atoms with E-state index in [0.717, 1.165) is 0 Å². The number of aromatic nitrogens is 2. The number of benzene rings is 1. The van der Waals surface area contributed by atoms with Crippen LogP contribution in [-0.2, 0) is 9.59 Å². The number of carbonyl (C=O) groups is 2. The fourth-order valence-electron chi connectivity index (χ4n) is 2.33. The Kier molecular flexibility index (Phi) is 5.07. The summed E-state index contributed by atoms with van der Waals surface area (Å²) < 4.78 is 10.1. The van der Waals surface area contributed by atoms with E-state index < -0.39 is 5.91 Å². The van der Waals surface area contributed by atoms with E-state index in [0.29, 0.717) is 5.69 Å². The van der Waals surface area contributed by atoms with Crippen LogP contribution in [0.3, 0.4) is 0 Å². The minimum atomic E-state index is -0.492. The van der Waals surface area contributed by atoms with Crippen molar-refractivity contribution < 1.29 is 19.1 Å². The van der Waals surface area contributed by atoms with E-state index in [1.807, 2.05) is 6.07 Å². The van der Waals surface area contributed by atoms with Gasteiger partial charge in [-0.3, -0.25) is 14.9 Å². The molecule has 0 fully saturated rings. The van der Waals surface area contributed by atoms with E-state index >= 15 is 0 Å². The third-order valence-electron chi connectivity index (χ3n) is 3.62. The maximum absolute atomic E-state index is 12.5. The number of hydrogen-bond acceptors (Lipinski definition) is 7. The minimum Gasteiger partial charge on any atom is -0.481 e. The molecule has 0 spiro atoms. The first-order valence-electron chi connectivity index (χ1n) is 7.84. The molecule has 2 heterocycles. The largest absolute Gasteiger partial charge is 0.481 e. The van der Waals surface area contributed by atoms with Gasteiger partial charge in [0.2, 0.25) is 23.6 Å². The van der Waals surface area contributed by atoms with Crippen LogP contribution in [0.2, 0.25) is 0 Å². The monoisotopic (exact) mass is 355 g/mol. The van der Waals surface area contributed by atoms with Crippen LogP contribution < -0.4 is 19.8 Å². The second-order valence-electron chi connectivity index (χ2n) is 5.32. The maximum atomic E-state index is 12.5. The number of methoxy groups -OCH3 is 2. The number of ether oxygens (including phenoxy) is 2. The van der Waals surface area contributed by atoms with Crippen LogP contribution in [0.15, 0.2) is 41.5 Å². The average molecular weight is 355 g/mol. The predicted molar refractivity (Wildman–Crippen MR) is 94.4 cm³/mol. The molecule has 134 valence electrons. The Hall–Kier alpha value is -3.49. The van der Waals surface area contributed by atoms with Crippen molar-refractivity contribution in [1.29, 1.82) is 0 Å². The highest BCUT2D eigenvalue weighted by atomic mass is 16.5. The summed E-state index contributed by atoms with van der Waals surface area (Å²) in [5.41, 5.74) is 0.806. The van der Waals surface area contributed by atoms with E-state index in [-0.39, 0.29) is 42.2 Å². The fourth-order valence-corrected chi connectivity index (χ4v) is 2.33. The third-order valence-corrected chi connectivity index (χ3v) is 3.62. The second kappa shape index (κ2) is 7.60. The van der Waals surface area contributed by atoms with E-state index in [9.17, 15) is 9.59 Å². The smallest absolute Gasteiger partial charge is 0.274 e. The van der Waals surface area contributed by atoms with Crippen LogP contribution in [0.5, 0.6) is 11.8 Å². The zero-order valence-corrected chi connectivity index (χ0v) is 14.3. The summed E-state index contributed by atoms with van der Waals surface area (Å²) in [5.74, 6) is -0.143. The highest BCUT2D eigenvalue weighted by Crippen LogP contribution is 2.21. The van der Waals surface area contributed by atoms with Crippen LogP contribution in [0.1, 0.15) is 12.8 Å². The molecule has 0 aliphatic carbocycles. The molecule has 0 radical (unpaired) electrons. The fraction of sp³-hybridized carbons (Fsp3) is 0.235. The predicted octanol–water partition coefficient (Wildman–Crippen LogP) is 1.62. The Morgan fingerprint density at radius 1 is 1.08 bits per heavy atom. The SMILES string of the molecule is COc1cc(OC)nc(NC(=O)C2=NN(c3ccccc3)C(=O)CC2)n1. The maximum Gasteiger partial charge on any atom is 0.274 e. The van der Waals surface area contributed by atoms with Crippen LogP contribution in [0, 0.1) is 0 Å². The summed E-state index contributed by atoms with van der Waals surface area (Å²) in [4.78, 5) is 32.7. The molecule has 3 rings (SSSR count). The molecule has 1 aromatic heterocycles. The Morgan fingerprint density at radius 2 is 1.73 bits per heavy atom. The summed E-state index contributed by atoms with van der Waals surface area (Å²) >= 11 is 0. The van der Waals surface area contributed by atoms with Gasteiger partial charge in [0.1, 0.15) is 5.71 Å². The van der Waals surface area contributed by atoms with Gasteiger partial charge in [-0.15, -0.1) is 0 Å². The first kappa shape index (κ1) is 17.3. The Labute approximate surface area is 149 Å². The molecule has 0 unspecified atom stereocenters. The Balaban J connectivity index is 1.82. The molecule has 2 amide bonds. The summed E-state index contributed by atoms with van der Waals surface area (Å²) in [6.07, 6.45) is 0.415. The van der Waals surface area contributed by atoms with Crippen LogP contribution in [-0.4, -0.2) is 41.7 Å². The number of anilines is 2. The highest BCUT2D eigenvalue weighted by Gasteiger charge is 2.26. The van der Waals surface area contributed by atoms with E-state index in [1.54, 1.807) is 24.3 Å². The zero-order valence-electron chi connectivity index (χ0n) is 14.3. The molecule has 26 heavy (non-hydrogen) atoms. The standard InChI is InChI=1S/C17H17N5O4/c1-25-13-10-14(26-2)19-17(18-13)20-16(24)12-8-9-15(23)22(21-12)11-6-4-3-5-7-11/h3-7,10H,8-9H2,1-2H3,(H,18,19,20,24).